The monoisotopic (exact) mass is 768 g/mol. The molecule has 0 bridgehead atoms. The quantitative estimate of drug-likeness (QED) is 0.0543. The molecule has 2 heterocycles. The second-order valence-corrected chi connectivity index (χ2v) is 14.3. The zero-order chi connectivity index (χ0) is 38.5. The summed E-state index contributed by atoms with van der Waals surface area (Å²) in [6.07, 6.45) is 5.80. The molecule has 0 saturated heterocycles. The molecule has 0 aliphatic carbocycles. The zero-order valence-electron chi connectivity index (χ0n) is 30.4. The summed E-state index contributed by atoms with van der Waals surface area (Å²) < 4.78 is 6.08. The van der Waals surface area contributed by atoms with Crippen LogP contribution in [0.25, 0.3) is 0 Å². The van der Waals surface area contributed by atoms with E-state index < -0.39 is 35.9 Å². The molecule has 1 aromatic heterocycles. The van der Waals surface area contributed by atoms with E-state index in [1.54, 1.807) is 65.7 Å². The fourth-order valence-corrected chi connectivity index (χ4v) is 7.71. The predicted molar refractivity (Wildman–Crippen MR) is 212 cm³/mol. The molecule has 3 aromatic carbocycles. The van der Waals surface area contributed by atoms with Gasteiger partial charge in [-0.3, -0.25) is 29.4 Å². The number of nitrogens with one attached hydrogen (secondary N) is 4. The molecule has 5 amide bonds. The van der Waals surface area contributed by atoms with Crippen molar-refractivity contribution in [1.82, 2.24) is 20.9 Å². The Hall–Kier alpha value is -5.34. The van der Waals surface area contributed by atoms with Crippen molar-refractivity contribution < 1.29 is 28.7 Å². The first-order valence-electron chi connectivity index (χ1n) is 17.7. The number of anilines is 3. The molecule has 4 aromatic rings. The number of pyridine rings is 1. The Morgan fingerprint density at radius 2 is 1.63 bits per heavy atom. The van der Waals surface area contributed by atoms with Crippen LogP contribution in [0, 0.1) is 5.41 Å². The molecule has 282 valence electrons. The van der Waals surface area contributed by atoms with Gasteiger partial charge in [0, 0.05) is 29.9 Å². The summed E-state index contributed by atoms with van der Waals surface area (Å²) in [6.45, 7) is 3.73. The summed E-state index contributed by atoms with van der Waals surface area (Å²) in [6, 6.07) is 25.3. The number of rotatable bonds is 16. The van der Waals surface area contributed by atoms with Gasteiger partial charge in [0.2, 0.25) is 16.9 Å². The normalized spacial score (nSPS) is 15.7. The van der Waals surface area contributed by atoms with Gasteiger partial charge in [-0.05, 0) is 72.8 Å². The van der Waals surface area contributed by atoms with Crippen LogP contribution in [0.2, 0.25) is 0 Å². The molecule has 1 unspecified atom stereocenters. The third-order valence-corrected chi connectivity index (χ3v) is 10.8. The Labute approximate surface area is 323 Å². The molecule has 0 saturated carbocycles. The summed E-state index contributed by atoms with van der Waals surface area (Å²) in [5, 5.41) is 10.6. The first-order valence-corrected chi connectivity index (χ1v) is 19.8. The molecule has 0 radical (unpaired) electrons. The van der Waals surface area contributed by atoms with Crippen molar-refractivity contribution >= 4 is 69.6 Å². The smallest absolute Gasteiger partial charge is 0.320 e. The van der Waals surface area contributed by atoms with E-state index in [-0.39, 0.29) is 24.1 Å². The maximum Gasteiger partial charge on any atom is 0.320 e. The SMILES string of the molecule is CCCCC1(CC)C(=O)Sc2cc(OCC(=O)N[C@@H](C(=O)NCCNC(=O)Nc3ccccn3)c3ccccc3)c(SC)cc2N(c2ccccc2)C1=O. The van der Waals surface area contributed by atoms with Crippen LogP contribution in [-0.4, -0.2) is 59.8 Å². The van der Waals surface area contributed by atoms with E-state index in [9.17, 15) is 24.0 Å². The lowest BCUT2D eigenvalue weighted by Gasteiger charge is -2.33. The second kappa shape index (κ2) is 19.1. The van der Waals surface area contributed by atoms with Crippen molar-refractivity contribution in [3.05, 3.63) is 103 Å². The van der Waals surface area contributed by atoms with Crippen LogP contribution in [0.4, 0.5) is 22.0 Å². The molecule has 0 fully saturated rings. The number of fused-ring (bicyclic) bond motifs is 1. The van der Waals surface area contributed by atoms with Crippen LogP contribution < -0.4 is 30.9 Å². The standard InChI is InChI=1S/C40H44N6O6S2/c1-4-6-20-40(5-2)37(49)46(28-17-11-8-12-18-28)29-24-32(53-3)30(25-31(29)54-38(40)50)52-26-34(47)45-35(27-15-9-7-10-16-27)36(48)42-22-23-43-39(51)44-33-19-13-14-21-41-33/h7-19,21,24-25,35H,4-6,20,22-23,26H2,1-3H3,(H,42,48)(H,45,47)(H2,41,43,44,51)/t35-,40?/m1/s1. The highest BCUT2D eigenvalue weighted by atomic mass is 32.2. The van der Waals surface area contributed by atoms with Crippen molar-refractivity contribution in [1.29, 1.82) is 0 Å². The van der Waals surface area contributed by atoms with Crippen LogP contribution in [0.15, 0.2) is 107 Å². The van der Waals surface area contributed by atoms with Gasteiger partial charge >= 0.3 is 6.03 Å². The number of ether oxygens (including phenoxy) is 1. The number of hydrogen-bond donors (Lipinski definition) is 4. The number of hydrogen-bond acceptors (Lipinski definition) is 9. The van der Waals surface area contributed by atoms with E-state index in [0.29, 0.717) is 51.1 Å². The van der Waals surface area contributed by atoms with Gasteiger partial charge in [-0.2, -0.15) is 0 Å². The lowest BCUT2D eigenvalue weighted by molar-refractivity contribution is -0.136. The largest absolute Gasteiger partial charge is 0.483 e. The van der Waals surface area contributed by atoms with E-state index in [4.69, 9.17) is 4.74 Å². The van der Waals surface area contributed by atoms with Crippen LogP contribution in [0.1, 0.15) is 51.1 Å². The van der Waals surface area contributed by atoms with Crippen molar-refractivity contribution in [3.63, 3.8) is 0 Å². The van der Waals surface area contributed by atoms with Crippen LogP contribution in [0.3, 0.4) is 0 Å². The molecular weight excluding hydrogens is 725 g/mol. The fourth-order valence-electron chi connectivity index (χ4n) is 6.01. The third kappa shape index (κ3) is 9.60. The van der Waals surface area contributed by atoms with E-state index in [1.165, 1.54) is 11.8 Å². The zero-order valence-corrected chi connectivity index (χ0v) is 32.1. The minimum atomic E-state index is -1.20. The number of unbranched alkanes of at least 4 members (excludes halogenated alkanes) is 1. The summed E-state index contributed by atoms with van der Waals surface area (Å²) in [7, 11) is 0. The van der Waals surface area contributed by atoms with Crippen molar-refractivity contribution in [3.8, 4) is 5.75 Å². The third-order valence-electron chi connectivity index (χ3n) is 8.94. The summed E-state index contributed by atoms with van der Waals surface area (Å²) in [4.78, 5) is 74.3. The van der Waals surface area contributed by atoms with Gasteiger partial charge in [0.15, 0.2) is 6.61 Å². The van der Waals surface area contributed by atoms with Crippen molar-refractivity contribution in [2.24, 2.45) is 5.41 Å². The lowest BCUT2D eigenvalue weighted by atomic mass is 9.79. The van der Waals surface area contributed by atoms with E-state index in [2.05, 4.69) is 26.3 Å². The topological polar surface area (TPSA) is 159 Å². The number of thioether (sulfide) groups is 2. The van der Waals surface area contributed by atoms with Gasteiger partial charge < -0.3 is 20.7 Å². The number of carbonyl (C=O) groups is 5. The van der Waals surface area contributed by atoms with Gasteiger partial charge in [0.1, 0.15) is 23.0 Å². The number of nitrogens with zero attached hydrogens (tertiary/aromatic N) is 2. The Balaban J connectivity index is 1.30. The summed E-state index contributed by atoms with van der Waals surface area (Å²) in [5.74, 6) is -0.524. The molecule has 1 aliphatic rings. The van der Waals surface area contributed by atoms with E-state index in [1.807, 2.05) is 56.5 Å². The van der Waals surface area contributed by atoms with Crippen molar-refractivity contribution in [2.75, 3.05) is 36.2 Å². The fraction of sp³-hybridized carbons (Fsp3) is 0.300. The molecule has 12 nitrogen and oxygen atoms in total. The number of aromatic nitrogens is 1. The first-order chi connectivity index (χ1) is 26.2. The van der Waals surface area contributed by atoms with Crippen LogP contribution >= 0.6 is 23.5 Å². The average molecular weight is 769 g/mol. The molecule has 5 rings (SSSR count). The van der Waals surface area contributed by atoms with Gasteiger partial charge in [0.25, 0.3) is 5.91 Å². The molecule has 0 spiro atoms. The maximum atomic E-state index is 14.5. The van der Waals surface area contributed by atoms with Crippen LogP contribution in [-0.2, 0) is 19.2 Å². The molecule has 4 N–H and O–H groups in total. The van der Waals surface area contributed by atoms with E-state index >= 15 is 0 Å². The number of benzene rings is 3. The van der Waals surface area contributed by atoms with Crippen molar-refractivity contribution in [2.45, 2.75) is 55.4 Å². The highest BCUT2D eigenvalue weighted by Gasteiger charge is 2.49. The minimum absolute atomic E-state index is 0.104. The summed E-state index contributed by atoms with van der Waals surface area (Å²) >= 11 is 2.41. The highest BCUT2D eigenvalue weighted by molar-refractivity contribution is 8.14. The minimum Gasteiger partial charge on any atom is -0.483 e. The summed E-state index contributed by atoms with van der Waals surface area (Å²) in [5.41, 5.74) is 0.580. The molecule has 2 atom stereocenters. The highest BCUT2D eigenvalue weighted by Crippen LogP contribution is 2.51. The first kappa shape index (κ1) is 39.9. The number of urea groups is 1. The van der Waals surface area contributed by atoms with Crippen LogP contribution in [0.5, 0.6) is 5.75 Å². The lowest BCUT2D eigenvalue weighted by Crippen LogP contribution is -2.44. The molecule has 54 heavy (non-hydrogen) atoms. The van der Waals surface area contributed by atoms with Gasteiger partial charge in [-0.25, -0.2) is 9.78 Å². The number of carbonyl (C=O) groups excluding carboxylic acids is 5. The molecule has 1 aliphatic heterocycles. The predicted octanol–water partition coefficient (Wildman–Crippen LogP) is 6.86. The van der Waals surface area contributed by atoms with Gasteiger partial charge in [0.05, 0.1) is 10.6 Å². The van der Waals surface area contributed by atoms with E-state index in [0.717, 1.165) is 24.6 Å². The Bertz CT molecular complexity index is 1940. The number of amides is 5. The number of para-hydroxylation sites is 1. The van der Waals surface area contributed by atoms with Gasteiger partial charge in [-0.1, -0.05) is 81.3 Å². The maximum absolute atomic E-state index is 14.5. The Morgan fingerprint density at radius 1 is 0.926 bits per heavy atom. The average Bonchev–Trinajstić information content (AvgIpc) is 3.28. The molecular formula is C40H44N6O6S2. The second-order valence-electron chi connectivity index (χ2n) is 12.5. The Morgan fingerprint density at radius 3 is 2.30 bits per heavy atom. The van der Waals surface area contributed by atoms with Gasteiger partial charge in [-0.15, -0.1) is 11.8 Å². The molecule has 14 heteroatoms. The Kier molecular flexibility index (Phi) is 14.1.